The van der Waals surface area contributed by atoms with Crippen LogP contribution in [0, 0.1) is 5.82 Å². The number of aromatic nitrogens is 1. The van der Waals surface area contributed by atoms with Gasteiger partial charge in [-0.3, -0.25) is 19.2 Å². The molecule has 3 aromatic rings. The third-order valence-electron chi connectivity index (χ3n) is 7.01. The van der Waals surface area contributed by atoms with Crippen LogP contribution < -0.4 is 25.4 Å². The van der Waals surface area contributed by atoms with Crippen molar-refractivity contribution in [3.8, 4) is 17.2 Å². The third-order valence-corrected chi connectivity index (χ3v) is 7.01. The maximum absolute atomic E-state index is 15.0. The smallest absolute Gasteiger partial charge is 0.270 e. The zero-order valence-corrected chi connectivity index (χ0v) is 24.2. The Hall–Kier alpha value is -4.87. The van der Waals surface area contributed by atoms with E-state index in [1.54, 1.807) is 48.4 Å². The molecule has 0 spiro atoms. The first-order valence-electron chi connectivity index (χ1n) is 14.2. The number of nitrogens with zero attached hydrogens (tertiary/aromatic N) is 1. The maximum atomic E-state index is 15.0. The van der Waals surface area contributed by atoms with Gasteiger partial charge in [-0.1, -0.05) is 13.0 Å². The minimum atomic E-state index is -0.762. The molecule has 4 amide bonds. The molecule has 0 unspecified atom stereocenters. The van der Waals surface area contributed by atoms with E-state index in [-0.39, 0.29) is 54.3 Å². The number of ether oxygens (including phenoxy) is 2. The monoisotopic (exact) mass is 593 g/mol. The minimum Gasteiger partial charge on any atom is -0.493 e. The summed E-state index contributed by atoms with van der Waals surface area (Å²) in [7, 11) is 1.44. The average molecular weight is 594 g/mol. The summed E-state index contributed by atoms with van der Waals surface area (Å²) < 4.78 is 26.1. The lowest BCUT2D eigenvalue weighted by Crippen LogP contribution is -2.46. The van der Waals surface area contributed by atoms with Crippen molar-refractivity contribution in [2.24, 2.45) is 0 Å². The zero-order valence-electron chi connectivity index (χ0n) is 24.2. The van der Waals surface area contributed by atoms with Gasteiger partial charge in [0.1, 0.15) is 11.7 Å². The van der Waals surface area contributed by atoms with Crippen LogP contribution in [0.15, 0.2) is 54.7 Å². The number of aromatic amines is 1. The molecule has 1 aromatic heterocycles. The summed E-state index contributed by atoms with van der Waals surface area (Å²) in [5.41, 5.74) is 1.19. The number of benzene rings is 2. The van der Waals surface area contributed by atoms with E-state index in [0.29, 0.717) is 49.4 Å². The first-order valence-corrected chi connectivity index (χ1v) is 14.2. The van der Waals surface area contributed by atoms with Gasteiger partial charge in [0.25, 0.3) is 11.8 Å². The van der Waals surface area contributed by atoms with Gasteiger partial charge in [-0.2, -0.15) is 0 Å². The lowest BCUT2D eigenvalue weighted by atomic mass is 10.1. The van der Waals surface area contributed by atoms with Gasteiger partial charge in [-0.15, -0.1) is 0 Å². The Morgan fingerprint density at radius 1 is 1.05 bits per heavy atom. The fraction of sp³-hybridized carbons (Fsp3) is 0.355. The highest BCUT2D eigenvalue weighted by atomic mass is 19.1. The Bertz CT molecular complexity index is 1440. The lowest BCUT2D eigenvalue weighted by Gasteiger charge is -2.23. The van der Waals surface area contributed by atoms with Crippen molar-refractivity contribution >= 4 is 23.6 Å². The fourth-order valence-corrected chi connectivity index (χ4v) is 4.64. The van der Waals surface area contributed by atoms with E-state index < -0.39 is 17.8 Å². The summed E-state index contributed by atoms with van der Waals surface area (Å²) in [4.78, 5) is 56.0. The number of halogens is 1. The second kappa shape index (κ2) is 14.9. The van der Waals surface area contributed by atoms with Crippen LogP contribution >= 0.6 is 0 Å². The van der Waals surface area contributed by atoms with E-state index >= 15 is 0 Å². The van der Waals surface area contributed by atoms with Crippen LogP contribution in [0.5, 0.6) is 17.2 Å². The fourth-order valence-electron chi connectivity index (χ4n) is 4.64. The van der Waals surface area contributed by atoms with Crippen molar-refractivity contribution in [1.29, 1.82) is 0 Å². The van der Waals surface area contributed by atoms with E-state index in [1.807, 2.05) is 0 Å². The summed E-state index contributed by atoms with van der Waals surface area (Å²) in [5.74, 6) is -1.59. The van der Waals surface area contributed by atoms with E-state index in [1.165, 1.54) is 25.3 Å². The second-order valence-corrected chi connectivity index (χ2v) is 10.1. The van der Waals surface area contributed by atoms with Gasteiger partial charge in [-0.05, 0) is 67.3 Å². The van der Waals surface area contributed by atoms with Crippen LogP contribution in [-0.4, -0.2) is 66.3 Å². The summed E-state index contributed by atoms with van der Waals surface area (Å²) in [6.45, 7) is 2.74. The maximum Gasteiger partial charge on any atom is 0.270 e. The molecule has 11 nitrogen and oxygen atoms in total. The molecule has 0 saturated carbocycles. The van der Waals surface area contributed by atoms with Crippen LogP contribution in [0.2, 0.25) is 0 Å². The van der Waals surface area contributed by atoms with Gasteiger partial charge in [0.15, 0.2) is 23.1 Å². The molecule has 4 bridgehead atoms. The standard InChI is InChI=1S/C31H36FN5O6/c1-3-23-30(40)35-19-20-9-11-25(22(32)17-20)43-27-18-21(10-12-26(27)42-2)29(39)34-14-6-16-37(15-5-8-28(38)36-23)31(41)24-7-4-13-33-24/h4,7,9-13,17-18,23,33H,3,5-6,8,14-16,19H2,1-2H3,(H,34,39)(H,35,40)(H,36,38)/t23-/m0/s1. The molecule has 2 aliphatic rings. The van der Waals surface area contributed by atoms with Gasteiger partial charge in [0, 0.05) is 44.4 Å². The second-order valence-electron chi connectivity index (χ2n) is 10.1. The van der Waals surface area contributed by atoms with Crippen molar-refractivity contribution < 1.29 is 33.0 Å². The molecule has 2 aromatic carbocycles. The predicted octanol–water partition coefficient (Wildman–Crippen LogP) is 3.52. The quantitative estimate of drug-likeness (QED) is 0.366. The molecule has 5 rings (SSSR count). The SMILES string of the molecule is CC[C@@H]1NC(=O)CCCN(C(=O)c2ccc[nH]2)CCCNC(=O)c2ccc(OC)c(c2)Oc2ccc(cc2F)CNC1=O. The Morgan fingerprint density at radius 3 is 2.58 bits per heavy atom. The van der Waals surface area contributed by atoms with Crippen LogP contribution in [0.25, 0.3) is 0 Å². The van der Waals surface area contributed by atoms with Crippen molar-refractivity contribution in [2.45, 2.75) is 45.2 Å². The molecule has 228 valence electrons. The molecule has 3 heterocycles. The molecule has 43 heavy (non-hydrogen) atoms. The molecule has 4 N–H and O–H groups in total. The Balaban J connectivity index is 1.56. The highest BCUT2D eigenvalue weighted by Gasteiger charge is 2.21. The number of H-pyrrole nitrogens is 1. The number of carbonyl (C=O) groups excluding carboxylic acids is 4. The van der Waals surface area contributed by atoms with Crippen molar-refractivity contribution in [2.75, 3.05) is 26.7 Å². The number of methoxy groups -OCH3 is 1. The molecule has 0 aliphatic carbocycles. The molecule has 2 aliphatic heterocycles. The van der Waals surface area contributed by atoms with Crippen LogP contribution in [0.4, 0.5) is 4.39 Å². The topological polar surface area (TPSA) is 142 Å². The Labute approximate surface area is 249 Å². The number of amides is 4. The van der Waals surface area contributed by atoms with Gasteiger partial charge in [0.2, 0.25) is 11.8 Å². The summed E-state index contributed by atoms with van der Waals surface area (Å²) in [5, 5.41) is 8.32. The summed E-state index contributed by atoms with van der Waals surface area (Å²) >= 11 is 0. The number of hydrogen-bond donors (Lipinski definition) is 4. The van der Waals surface area contributed by atoms with Gasteiger partial charge < -0.3 is 35.3 Å². The highest BCUT2D eigenvalue weighted by molar-refractivity contribution is 5.95. The van der Waals surface area contributed by atoms with E-state index in [0.717, 1.165) is 0 Å². The van der Waals surface area contributed by atoms with Crippen molar-refractivity contribution in [1.82, 2.24) is 25.8 Å². The normalized spacial score (nSPS) is 17.3. The molecular weight excluding hydrogens is 557 g/mol. The van der Waals surface area contributed by atoms with Gasteiger partial charge >= 0.3 is 0 Å². The van der Waals surface area contributed by atoms with Crippen LogP contribution in [0.3, 0.4) is 0 Å². The largest absolute Gasteiger partial charge is 0.493 e. The molecule has 0 saturated heterocycles. The van der Waals surface area contributed by atoms with E-state index in [9.17, 15) is 23.6 Å². The van der Waals surface area contributed by atoms with Gasteiger partial charge in [-0.25, -0.2) is 4.39 Å². The number of hydrogen-bond acceptors (Lipinski definition) is 6. The highest BCUT2D eigenvalue weighted by Crippen LogP contribution is 2.34. The first kappa shape index (κ1) is 31.1. The Kier molecular flexibility index (Phi) is 10.7. The molecule has 0 radical (unpaired) electrons. The Morgan fingerprint density at radius 2 is 1.86 bits per heavy atom. The number of fused-ring (bicyclic) bond motifs is 16. The molecule has 0 fully saturated rings. The van der Waals surface area contributed by atoms with E-state index in [4.69, 9.17) is 9.47 Å². The zero-order chi connectivity index (χ0) is 30.8. The lowest BCUT2D eigenvalue weighted by molar-refractivity contribution is -0.129. The molecular formula is C31H36FN5O6. The molecule has 12 heteroatoms. The third kappa shape index (κ3) is 8.34. The van der Waals surface area contributed by atoms with Crippen LogP contribution in [0.1, 0.15) is 59.0 Å². The van der Waals surface area contributed by atoms with Crippen molar-refractivity contribution in [3.63, 3.8) is 0 Å². The average Bonchev–Trinajstić information content (AvgIpc) is 3.55. The minimum absolute atomic E-state index is 0.0389. The summed E-state index contributed by atoms with van der Waals surface area (Å²) in [6.07, 6.45) is 2.97. The predicted molar refractivity (Wildman–Crippen MR) is 156 cm³/mol. The van der Waals surface area contributed by atoms with Crippen LogP contribution in [-0.2, 0) is 16.1 Å². The molecule has 1 atom stereocenters. The van der Waals surface area contributed by atoms with E-state index in [2.05, 4.69) is 20.9 Å². The number of carbonyl (C=O) groups is 4. The van der Waals surface area contributed by atoms with Crippen molar-refractivity contribution in [3.05, 3.63) is 77.4 Å². The number of nitrogens with one attached hydrogen (secondary N) is 4. The van der Waals surface area contributed by atoms with Gasteiger partial charge in [0.05, 0.1) is 7.11 Å². The summed E-state index contributed by atoms with van der Waals surface area (Å²) in [6, 6.07) is 11.5. The first-order chi connectivity index (χ1) is 20.8. The number of rotatable bonds is 3.